The van der Waals surface area contributed by atoms with Crippen LogP contribution in [0.25, 0.3) is 0 Å². The predicted molar refractivity (Wildman–Crippen MR) is 72.0 cm³/mol. The first-order valence-electron chi connectivity index (χ1n) is 6.34. The van der Waals surface area contributed by atoms with Gasteiger partial charge in [0.15, 0.2) is 0 Å². The fourth-order valence-corrected chi connectivity index (χ4v) is 1.89. The van der Waals surface area contributed by atoms with E-state index in [0.717, 1.165) is 31.7 Å². The summed E-state index contributed by atoms with van der Waals surface area (Å²) in [5.74, 6) is -0.227. The first kappa shape index (κ1) is 14.5. The Hall–Kier alpha value is -1.60. The summed E-state index contributed by atoms with van der Waals surface area (Å²) < 4.78 is 13.2. The number of hydrogen-bond donors (Lipinski definition) is 1. The predicted octanol–water partition coefficient (Wildman–Crippen LogP) is 2.54. The third-order valence-electron chi connectivity index (χ3n) is 2.85. The van der Waals surface area contributed by atoms with E-state index in [2.05, 4.69) is 16.3 Å². The van der Waals surface area contributed by atoms with Gasteiger partial charge in [-0.15, -0.1) is 0 Å². The molecule has 0 aliphatic rings. The summed E-state index contributed by atoms with van der Waals surface area (Å²) in [5, 5.41) is 12.1. The van der Waals surface area contributed by atoms with E-state index >= 15 is 0 Å². The highest BCUT2D eigenvalue weighted by atomic mass is 19.1. The van der Waals surface area contributed by atoms with E-state index in [4.69, 9.17) is 5.26 Å². The number of nitrogens with one attached hydrogen (secondary N) is 1. The van der Waals surface area contributed by atoms with Gasteiger partial charge in [-0.05, 0) is 38.1 Å². The summed E-state index contributed by atoms with van der Waals surface area (Å²) in [5.41, 5.74) is 0.866. The molecule has 0 aliphatic carbocycles. The van der Waals surface area contributed by atoms with Crippen molar-refractivity contribution in [2.75, 3.05) is 24.5 Å². The van der Waals surface area contributed by atoms with Crippen molar-refractivity contribution in [2.45, 2.75) is 26.3 Å². The number of rotatable bonds is 7. The molecule has 1 N–H and O–H groups in total. The molecule has 0 saturated carbocycles. The van der Waals surface area contributed by atoms with Gasteiger partial charge >= 0.3 is 0 Å². The van der Waals surface area contributed by atoms with E-state index in [0.29, 0.717) is 0 Å². The Bertz CT molecular complexity index is 400. The van der Waals surface area contributed by atoms with E-state index in [-0.39, 0.29) is 11.9 Å². The van der Waals surface area contributed by atoms with E-state index in [1.165, 1.54) is 12.1 Å². The third-order valence-corrected chi connectivity index (χ3v) is 2.85. The number of anilines is 1. The zero-order valence-corrected chi connectivity index (χ0v) is 11.0. The van der Waals surface area contributed by atoms with Crippen LogP contribution in [-0.2, 0) is 0 Å². The zero-order chi connectivity index (χ0) is 13.4. The maximum Gasteiger partial charge on any atom is 0.125 e. The molecule has 4 heteroatoms. The molecule has 0 aromatic heterocycles. The summed E-state index contributed by atoms with van der Waals surface area (Å²) in [7, 11) is 0. The van der Waals surface area contributed by atoms with Crippen molar-refractivity contribution >= 4 is 5.69 Å². The second kappa shape index (κ2) is 7.67. The van der Waals surface area contributed by atoms with Crippen LogP contribution < -0.4 is 10.2 Å². The summed E-state index contributed by atoms with van der Waals surface area (Å²) in [6.45, 7) is 6.33. The number of halogens is 1. The number of nitriles is 1. The topological polar surface area (TPSA) is 39.1 Å². The molecule has 98 valence electrons. The number of hydrogen-bond acceptors (Lipinski definition) is 3. The highest BCUT2D eigenvalue weighted by molar-refractivity contribution is 5.46. The van der Waals surface area contributed by atoms with E-state index in [1.807, 2.05) is 19.9 Å². The van der Waals surface area contributed by atoms with Crippen LogP contribution in [-0.4, -0.2) is 25.7 Å². The van der Waals surface area contributed by atoms with Crippen molar-refractivity contribution in [3.63, 3.8) is 0 Å². The normalized spacial score (nSPS) is 11.9. The van der Waals surface area contributed by atoms with Gasteiger partial charge in [0.1, 0.15) is 5.82 Å². The molecule has 0 aliphatic heterocycles. The lowest BCUT2D eigenvalue weighted by molar-refractivity contribution is 0.575. The maximum absolute atomic E-state index is 13.2. The van der Waals surface area contributed by atoms with Crippen LogP contribution in [0.3, 0.4) is 0 Å². The van der Waals surface area contributed by atoms with Crippen molar-refractivity contribution in [3.05, 3.63) is 30.1 Å². The van der Waals surface area contributed by atoms with Crippen LogP contribution in [0.15, 0.2) is 24.3 Å². The average Bonchev–Trinajstić information content (AvgIpc) is 2.38. The molecule has 0 bridgehead atoms. The van der Waals surface area contributed by atoms with Crippen molar-refractivity contribution in [1.29, 1.82) is 5.26 Å². The van der Waals surface area contributed by atoms with Gasteiger partial charge in [-0.25, -0.2) is 4.39 Å². The monoisotopic (exact) mass is 249 g/mol. The van der Waals surface area contributed by atoms with Gasteiger partial charge in [0.2, 0.25) is 0 Å². The molecule has 1 rings (SSSR count). The molecule has 0 spiro atoms. The highest BCUT2D eigenvalue weighted by Crippen LogP contribution is 2.15. The van der Waals surface area contributed by atoms with Gasteiger partial charge in [-0.2, -0.15) is 5.26 Å². The molecular weight excluding hydrogens is 229 g/mol. The molecule has 0 saturated heterocycles. The Morgan fingerprint density at radius 3 is 2.78 bits per heavy atom. The molecule has 3 nitrogen and oxygen atoms in total. The minimum absolute atomic E-state index is 0.141. The molecule has 0 amide bonds. The van der Waals surface area contributed by atoms with Gasteiger partial charge in [-0.1, -0.05) is 13.0 Å². The minimum atomic E-state index is -0.227. The summed E-state index contributed by atoms with van der Waals surface area (Å²) >= 11 is 0. The van der Waals surface area contributed by atoms with E-state index < -0.39 is 0 Å². The summed E-state index contributed by atoms with van der Waals surface area (Å²) in [4.78, 5) is 2.07. The zero-order valence-electron chi connectivity index (χ0n) is 11.0. The Labute approximate surface area is 108 Å². The number of nitrogens with zero attached hydrogens (tertiary/aromatic N) is 2. The SMILES string of the molecule is CCNC(C#N)CCN(CC)c1cccc(F)c1. The van der Waals surface area contributed by atoms with Crippen LogP contribution in [0.1, 0.15) is 20.3 Å². The van der Waals surface area contributed by atoms with Gasteiger partial charge in [0.25, 0.3) is 0 Å². The smallest absolute Gasteiger partial charge is 0.125 e. The second-order valence-corrected chi connectivity index (χ2v) is 4.09. The fraction of sp³-hybridized carbons (Fsp3) is 0.500. The first-order chi connectivity index (χ1) is 8.71. The largest absolute Gasteiger partial charge is 0.372 e. The summed E-state index contributed by atoms with van der Waals surface area (Å²) in [6.07, 6.45) is 0.731. The van der Waals surface area contributed by atoms with Crippen LogP contribution in [0.5, 0.6) is 0 Å². The molecule has 1 atom stereocenters. The maximum atomic E-state index is 13.2. The molecule has 1 aromatic carbocycles. The van der Waals surface area contributed by atoms with Gasteiger partial charge in [0.05, 0.1) is 12.1 Å². The third kappa shape index (κ3) is 4.34. The molecule has 0 heterocycles. The lowest BCUT2D eigenvalue weighted by Gasteiger charge is -2.24. The molecule has 1 unspecified atom stereocenters. The molecule has 0 fully saturated rings. The van der Waals surface area contributed by atoms with Crippen LogP contribution in [0.2, 0.25) is 0 Å². The molecular formula is C14H20FN3. The number of benzene rings is 1. The average molecular weight is 249 g/mol. The molecule has 18 heavy (non-hydrogen) atoms. The minimum Gasteiger partial charge on any atom is -0.372 e. The van der Waals surface area contributed by atoms with E-state index in [9.17, 15) is 4.39 Å². The van der Waals surface area contributed by atoms with Crippen molar-refractivity contribution < 1.29 is 4.39 Å². The van der Waals surface area contributed by atoms with Crippen molar-refractivity contribution in [2.24, 2.45) is 0 Å². The van der Waals surface area contributed by atoms with Crippen molar-refractivity contribution in [1.82, 2.24) is 5.32 Å². The Balaban J connectivity index is 2.60. The van der Waals surface area contributed by atoms with Crippen LogP contribution in [0, 0.1) is 17.1 Å². The van der Waals surface area contributed by atoms with E-state index in [1.54, 1.807) is 6.07 Å². The highest BCUT2D eigenvalue weighted by Gasteiger charge is 2.10. The fourth-order valence-electron chi connectivity index (χ4n) is 1.89. The summed E-state index contributed by atoms with van der Waals surface area (Å²) in [6, 6.07) is 8.65. The Morgan fingerprint density at radius 2 is 2.22 bits per heavy atom. The van der Waals surface area contributed by atoms with Crippen LogP contribution >= 0.6 is 0 Å². The Morgan fingerprint density at radius 1 is 1.44 bits per heavy atom. The van der Waals surface area contributed by atoms with Gasteiger partial charge in [0, 0.05) is 18.8 Å². The van der Waals surface area contributed by atoms with Crippen molar-refractivity contribution in [3.8, 4) is 6.07 Å². The molecule has 0 radical (unpaired) electrons. The quantitative estimate of drug-likeness (QED) is 0.807. The van der Waals surface area contributed by atoms with Crippen LogP contribution in [0.4, 0.5) is 10.1 Å². The standard InChI is InChI=1S/C14H20FN3/c1-3-17-13(11-16)8-9-18(4-2)14-7-5-6-12(15)10-14/h5-7,10,13,17H,3-4,8-9H2,1-2H3. The lowest BCUT2D eigenvalue weighted by atomic mass is 10.2. The van der Waals surface area contributed by atoms with Gasteiger partial charge < -0.3 is 10.2 Å². The first-order valence-corrected chi connectivity index (χ1v) is 6.34. The second-order valence-electron chi connectivity index (χ2n) is 4.09. The molecule has 1 aromatic rings. The Kier molecular flexibility index (Phi) is 6.16. The van der Waals surface area contributed by atoms with Gasteiger partial charge in [-0.3, -0.25) is 0 Å². The lowest BCUT2D eigenvalue weighted by Crippen LogP contribution is -2.33.